The standard InChI is InChI=1S/C11H11N.C5H11NO/c1-2-5-10(6-3-1)11-7-4-8-12-9-11;1-4(6-3)5(2)7/h1-3,5-6,8-9H,4,7H2;4,6H,1-3H3/t;4-/m.0/s1. The van der Waals surface area contributed by atoms with E-state index in [0.29, 0.717) is 0 Å². The number of rotatable bonds is 3. The summed E-state index contributed by atoms with van der Waals surface area (Å²) >= 11 is 0. The lowest BCUT2D eigenvalue weighted by molar-refractivity contribution is -0.118. The molecule has 102 valence electrons. The van der Waals surface area contributed by atoms with Gasteiger partial charge < -0.3 is 5.32 Å². The van der Waals surface area contributed by atoms with Gasteiger partial charge in [-0.1, -0.05) is 30.3 Å². The summed E-state index contributed by atoms with van der Waals surface area (Å²) in [5.74, 6) is 0.183. The summed E-state index contributed by atoms with van der Waals surface area (Å²) in [5.41, 5.74) is 2.65. The number of nitrogens with one attached hydrogen (secondary N) is 1. The Morgan fingerprint density at radius 1 is 1.32 bits per heavy atom. The second-order valence-corrected chi connectivity index (χ2v) is 4.51. The second kappa shape index (κ2) is 8.38. The zero-order valence-electron chi connectivity index (χ0n) is 11.9. The van der Waals surface area contributed by atoms with Gasteiger partial charge in [-0.3, -0.25) is 9.79 Å². The highest BCUT2D eigenvalue weighted by Crippen LogP contribution is 2.21. The molecule has 2 rings (SSSR count). The molecule has 0 amide bonds. The topological polar surface area (TPSA) is 41.5 Å². The molecule has 0 aromatic heterocycles. The third kappa shape index (κ3) is 5.62. The maximum Gasteiger partial charge on any atom is 0.146 e. The van der Waals surface area contributed by atoms with Gasteiger partial charge in [-0.15, -0.1) is 0 Å². The van der Waals surface area contributed by atoms with Crippen LogP contribution in [0.1, 0.15) is 32.3 Å². The van der Waals surface area contributed by atoms with E-state index in [0.717, 1.165) is 12.8 Å². The molecule has 1 aromatic rings. The van der Waals surface area contributed by atoms with Crippen molar-refractivity contribution in [2.24, 2.45) is 4.99 Å². The summed E-state index contributed by atoms with van der Waals surface area (Å²) in [6.07, 6.45) is 6.11. The number of hydrogen-bond acceptors (Lipinski definition) is 3. The van der Waals surface area contributed by atoms with Gasteiger partial charge in [0.1, 0.15) is 5.78 Å². The smallest absolute Gasteiger partial charge is 0.146 e. The normalized spacial score (nSPS) is 15.0. The van der Waals surface area contributed by atoms with Crippen molar-refractivity contribution in [3.63, 3.8) is 0 Å². The summed E-state index contributed by atoms with van der Waals surface area (Å²) in [6, 6.07) is 10.4. The Balaban J connectivity index is 0.000000224. The van der Waals surface area contributed by atoms with Crippen molar-refractivity contribution >= 4 is 17.6 Å². The van der Waals surface area contributed by atoms with Gasteiger partial charge in [0.15, 0.2) is 0 Å². The van der Waals surface area contributed by atoms with E-state index in [2.05, 4.69) is 34.6 Å². The Morgan fingerprint density at radius 2 is 2.00 bits per heavy atom. The fourth-order valence-electron chi connectivity index (χ4n) is 1.58. The molecule has 3 heteroatoms. The van der Waals surface area contributed by atoms with Crippen LogP contribution in [-0.2, 0) is 4.79 Å². The van der Waals surface area contributed by atoms with E-state index in [4.69, 9.17) is 0 Å². The number of Topliss-reactive ketones (excluding diaryl/α,β-unsaturated/α-hetero) is 1. The van der Waals surface area contributed by atoms with Crippen LogP contribution in [-0.4, -0.2) is 25.1 Å². The number of ketones is 1. The van der Waals surface area contributed by atoms with Gasteiger partial charge in [0.2, 0.25) is 0 Å². The Morgan fingerprint density at radius 3 is 2.42 bits per heavy atom. The number of benzene rings is 1. The molecular formula is C16H22N2O. The minimum absolute atomic E-state index is 0.0139. The van der Waals surface area contributed by atoms with Crippen molar-refractivity contribution in [1.29, 1.82) is 0 Å². The first kappa shape index (κ1) is 15.3. The zero-order valence-corrected chi connectivity index (χ0v) is 11.9. The van der Waals surface area contributed by atoms with E-state index in [1.165, 1.54) is 11.1 Å². The lowest BCUT2D eigenvalue weighted by Gasteiger charge is -2.07. The number of hydrogen-bond donors (Lipinski definition) is 1. The molecule has 0 unspecified atom stereocenters. The quantitative estimate of drug-likeness (QED) is 0.905. The van der Waals surface area contributed by atoms with Crippen LogP contribution in [0.25, 0.3) is 5.57 Å². The van der Waals surface area contributed by atoms with Crippen LogP contribution in [0, 0.1) is 0 Å². The van der Waals surface area contributed by atoms with Gasteiger partial charge in [0.25, 0.3) is 0 Å². The first-order valence-corrected chi connectivity index (χ1v) is 6.59. The Kier molecular flexibility index (Phi) is 6.75. The van der Waals surface area contributed by atoms with Crippen LogP contribution in [0.2, 0.25) is 0 Å². The largest absolute Gasteiger partial charge is 0.311 e. The number of nitrogens with zero attached hydrogens (tertiary/aromatic N) is 1. The third-order valence-electron chi connectivity index (χ3n) is 3.07. The summed E-state index contributed by atoms with van der Waals surface area (Å²) in [6.45, 7) is 3.41. The highest BCUT2D eigenvalue weighted by Gasteiger charge is 2.01. The first-order valence-electron chi connectivity index (χ1n) is 6.59. The van der Waals surface area contributed by atoms with Crippen molar-refractivity contribution in [1.82, 2.24) is 5.32 Å². The van der Waals surface area contributed by atoms with Crippen molar-refractivity contribution in [2.75, 3.05) is 7.05 Å². The summed E-state index contributed by atoms with van der Waals surface area (Å²) in [4.78, 5) is 14.5. The molecule has 0 fully saturated rings. The highest BCUT2D eigenvalue weighted by molar-refractivity contribution is 5.80. The van der Waals surface area contributed by atoms with Crippen LogP contribution < -0.4 is 5.32 Å². The first-order chi connectivity index (χ1) is 9.15. The van der Waals surface area contributed by atoms with Crippen molar-refractivity contribution < 1.29 is 4.79 Å². The SMILES string of the molecule is C1=NC=C(c2ccccc2)CC1.CN[C@@H](C)C(C)=O. The molecule has 19 heavy (non-hydrogen) atoms. The predicted octanol–water partition coefficient (Wildman–Crippen LogP) is 3.08. The molecule has 0 saturated heterocycles. The monoisotopic (exact) mass is 258 g/mol. The average molecular weight is 258 g/mol. The van der Waals surface area contributed by atoms with Gasteiger partial charge >= 0.3 is 0 Å². The van der Waals surface area contributed by atoms with Gasteiger partial charge in [-0.25, -0.2) is 0 Å². The number of aliphatic imine (C=N–C) groups is 1. The fourth-order valence-corrected chi connectivity index (χ4v) is 1.58. The van der Waals surface area contributed by atoms with Gasteiger partial charge in [0, 0.05) is 12.4 Å². The number of allylic oxidation sites excluding steroid dienone is 1. The Bertz CT molecular complexity index is 449. The molecule has 0 spiro atoms. The molecule has 0 bridgehead atoms. The number of likely N-dealkylation sites (N-methyl/N-ethyl adjacent to an activating group) is 1. The minimum atomic E-state index is 0.0139. The molecule has 1 aromatic carbocycles. The lowest BCUT2D eigenvalue weighted by atomic mass is 10.0. The van der Waals surface area contributed by atoms with Crippen LogP contribution in [0.5, 0.6) is 0 Å². The Labute approximate surface area is 115 Å². The van der Waals surface area contributed by atoms with Crippen LogP contribution >= 0.6 is 0 Å². The minimum Gasteiger partial charge on any atom is -0.311 e. The lowest BCUT2D eigenvalue weighted by Crippen LogP contribution is -2.28. The third-order valence-corrected chi connectivity index (χ3v) is 3.07. The molecule has 3 nitrogen and oxygen atoms in total. The van der Waals surface area contributed by atoms with E-state index < -0.39 is 0 Å². The number of carbonyl (C=O) groups is 1. The summed E-state index contributed by atoms with van der Waals surface area (Å²) in [7, 11) is 1.77. The number of carbonyl (C=O) groups excluding carboxylic acids is 1. The van der Waals surface area contributed by atoms with Crippen molar-refractivity contribution in [2.45, 2.75) is 32.7 Å². The molecule has 1 aliphatic rings. The van der Waals surface area contributed by atoms with Crippen LogP contribution in [0.15, 0.2) is 41.5 Å². The van der Waals surface area contributed by atoms with Gasteiger partial charge in [-0.2, -0.15) is 0 Å². The molecule has 0 aliphatic carbocycles. The molecule has 0 radical (unpaired) electrons. The van der Waals surface area contributed by atoms with Gasteiger partial charge in [0.05, 0.1) is 6.04 Å². The maximum atomic E-state index is 10.3. The Hall–Kier alpha value is -1.74. The van der Waals surface area contributed by atoms with Gasteiger partial charge in [-0.05, 0) is 44.9 Å². The van der Waals surface area contributed by atoms with Crippen LogP contribution in [0.4, 0.5) is 0 Å². The molecular weight excluding hydrogens is 236 g/mol. The fraction of sp³-hybridized carbons (Fsp3) is 0.375. The van der Waals surface area contributed by atoms with Crippen LogP contribution in [0.3, 0.4) is 0 Å². The van der Waals surface area contributed by atoms with Crippen molar-refractivity contribution in [3.05, 3.63) is 42.1 Å². The summed E-state index contributed by atoms with van der Waals surface area (Å²) in [5, 5.41) is 2.81. The average Bonchev–Trinajstić information content (AvgIpc) is 2.49. The van der Waals surface area contributed by atoms with E-state index in [9.17, 15) is 4.79 Å². The van der Waals surface area contributed by atoms with E-state index in [1.807, 2.05) is 25.4 Å². The molecule has 1 aliphatic heterocycles. The molecule has 0 saturated carbocycles. The van der Waals surface area contributed by atoms with E-state index >= 15 is 0 Å². The highest BCUT2D eigenvalue weighted by atomic mass is 16.1. The molecule has 1 N–H and O–H groups in total. The predicted molar refractivity (Wildman–Crippen MR) is 81.3 cm³/mol. The van der Waals surface area contributed by atoms with E-state index in [-0.39, 0.29) is 11.8 Å². The molecule has 1 atom stereocenters. The van der Waals surface area contributed by atoms with E-state index in [1.54, 1.807) is 14.0 Å². The second-order valence-electron chi connectivity index (χ2n) is 4.51. The summed E-state index contributed by atoms with van der Waals surface area (Å²) < 4.78 is 0. The van der Waals surface area contributed by atoms with Crippen molar-refractivity contribution in [3.8, 4) is 0 Å². The maximum absolute atomic E-state index is 10.3. The zero-order chi connectivity index (χ0) is 14.1. The molecule has 1 heterocycles.